The zero-order valence-corrected chi connectivity index (χ0v) is 15.9. The Bertz CT molecular complexity index is 1140. The molecule has 4 aromatic rings. The first-order chi connectivity index (χ1) is 13.8. The monoisotopic (exact) mass is 393 g/mol. The minimum absolute atomic E-state index is 0.0209. The highest BCUT2D eigenvalue weighted by Gasteiger charge is 2.13. The summed E-state index contributed by atoms with van der Waals surface area (Å²) in [6, 6.07) is 19.0. The van der Waals surface area contributed by atoms with Gasteiger partial charge in [0.1, 0.15) is 0 Å². The van der Waals surface area contributed by atoms with E-state index in [2.05, 4.69) is 10.1 Å². The minimum Gasteiger partial charge on any atom is -0.396 e. The Morgan fingerprint density at radius 3 is 2.68 bits per heavy atom. The zero-order valence-electron chi connectivity index (χ0n) is 15.1. The summed E-state index contributed by atoms with van der Waals surface area (Å²) in [5.74, 6) is 1.24. The third-order valence-electron chi connectivity index (χ3n) is 4.33. The smallest absolute Gasteiger partial charge is 0.262 e. The molecule has 2 aromatic heterocycles. The van der Waals surface area contributed by atoms with Gasteiger partial charge in [0.15, 0.2) is 10.9 Å². The second-order valence-corrected chi connectivity index (χ2v) is 7.23. The van der Waals surface area contributed by atoms with Crippen molar-refractivity contribution in [3.63, 3.8) is 0 Å². The van der Waals surface area contributed by atoms with Crippen molar-refractivity contribution in [2.75, 3.05) is 6.61 Å². The molecule has 4 rings (SSSR count). The van der Waals surface area contributed by atoms with E-state index in [9.17, 15) is 9.90 Å². The lowest BCUT2D eigenvalue weighted by Crippen LogP contribution is -2.24. The maximum atomic E-state index is 12.8. The Hall–Kier alpha value is -2.90. The molecule has 0 atom stereocenters. The van der Waals surface area contributed by atoms with Crippen LogP contribution in [0, 0.1) is 0 Å². The molecule has 2 aromatic carbocycles. The minimum atomic E-state index is -0.0910. The number of para-hydroxylation sites is 1. The van der Waals surface area contributed by atoms with E-state index in [1.165, 1.54) is 11.8 Å². The van der Waals surface area contributed by atoms with Crippen LogP contribution in [-0.4, -0.2) is 26.4 Å². The molecular weight excluding hydrogens is 374 g/mol. The van der Waals surface area contributed by atoms with Crippen LogP contribution in [0.3, 0.4) is 0 Å². The number of thioether (sulfide) groups is 1. The Kier molecular flexibility index (Phi) is 5.55. The predicted octanol–water partition coefficient (Wildman–Crippen LogP) is 3.73. The van der Waals surface area contributed by atoms with E-state index < -0.39 is 0 Å². The standard InChI is InChI=1S/C21H19N3O3S/c25-12-6-11-24-20(26)17-9-4-5-10-18(17)22-21(24)28-14-16-13-19(27-23-16)15-7-2-1-3-8-15/h1-5,7-10,13,25H,6,11-12,14H2. The van der Waals surface area contributed by atoms with Crippen molar-refractivity contribution in [3.8, 4) is 11.3 Å². The van der Waals surface area contributed by atoms with Crippen molar-refractivity contribution in [1.82, 2.24) is 14.7 Å². The fraction of sp³-hybridized carbons (Fsp3) is 0.190. The number of aromatic nitrogens is 3. The van der Waals surface area contributed by atoms with Gasteiger partial charge in [0.05, 0.1) is 16.6 Å². The first-order valence-electron chi connectivity index (χ1n) is 9.00. The largest absolute Gasteiger partial charge is 0.396 e. The van der Waals surface area contributed by atoms with E-state index >= 15 is 0 Å². The molecule has 0 aliphatic rings. The summed E-state index contributed by atoms with van der Waals surface area (Å²) in [5.41, 5.74) is 2.32. The molecule has 0 radical (unpaired) electrons. The van der Waals surface area contributed by atoms with Crippen LogP contribution in [0.5, 0.6) is 0 Å². The molecule has 2 heterocycles. The number of aliphatic hydroxyl groups is 1. The average Bonchev–Trinajstić information content (AvgIpc) is 3.21. The number of hydrogen-bond donors (Lipinski definition) is 1. The van der Waals surface area contributed by atoms with E-state index in [4.69, 9.17) is 4.52 Å². The molecule has 0 aliphatic carbocycles. The van der Waals surface area contributed by atoms with Gasteiger partial charge < -0.3 is 9.63 Å². The van der Waals surface area contributed by atoms with Gasteiger partial charge in [-0.05, 0) is 18.6 Å². The molecular formula is C21H19N3O3S. The maximum Gasteiger partial charge on any atom is 0.262 e. The first kappa shape index (κ1) is 18.5. The van der Waals surface area contributed by atoms with Gasteiger partial charge >= 0.3 is 0 Å². The van der Waals surface area contributed by atoms with Crippen LogP contribution < -0.4 is 5.56 Å². The van der Waals surface area contributed by atoms with Gasteiger partial charge in [0, 0.05) is 30.5 Å². The lowest BCUT2D eigenvalue weighted by molar-refractivity contribution is 0.276. The molecule has 7 heteroatoms. The molecule has 0 saturated carbocycles. The van der Waals surface area contributed by atoms with E-state index in [-0.39, 0.29) is 12.2 Å². The van der Waals surface area contributed by atoms with Crippen LogP contribution in [0.2, 0.25) is 0 Å². The fourth-order valence-electron chi connectivity index (χ4n) is 2.94. The van der Waals surface area contributed by atoms with Gasteiger partial charge in [-0.25, -0.2) is 4.98 Å². The molecule has 142 valence electrons. The Balaban J connectivity index is 1.60. The summed E-state index contributed by atoms with van der Waals surface area (Å²) < 4.78 is 7.07. The van der Waals surface area contributed by atoms with E-state index in [0.717, 1.165) is 11.3 Å². The van der Waals surface area contributed by atoms with E-state index in [1.54, 1.807) is 10.6 Å². The Morgan fingerprint density at radius 2 is 1.86 bits per heavy atom. The highest BCUT2D eigenvalue weighted by molar-refractivity contribution is 7.98. The summed E-state index contributed by atoms with van der Waals surface area (Å²) in [7, 11) is 0. The quantitative estimate of drug-likeness (QED) is 0.381. The molecule has 6 nitrogen and oxygen atoms in total. The zero-order chi connectivity index (χ0) is 19.3. The molecule has 0 spiro atoms. The van der Waals surface area contributed by atoms with Gasteiger partial charge in [-0.2, -0.15) is 0 Å². The summed E-state index contributed by atoms with van der Waals surface area (Å²) in [6.07, 6.45) is 0.496. The van der Waals surface area contributed by atoms with Crippen LogP contribution in [0.15, 0.2) is 75.1 Å². The molecule has 28 heavy (non-hydrogen) atoms. The molecule has 0 fully saturated rings. The summed E-state index contributed by atoms with van der Waals surface area (Å²) in [5, 5.41) is 14.5. The summed E-state index contributed by atoms with van der Waals surface area (Å²) in [6.45, 7) is 0.441. The second kappa shape index (κ2) is 8.41. The first-order valence-corrected chi connectivity index (χ1v) is 9.99. The second-order valence-electron chi connectivity index (χ2n) is 6.28. The van der Waals surface area contributed by atoms with Crippen LogP contribution >= 0.6 is 11.8 Å². The van der Waals surface area contributed by atoms with Gasteiger partial charge in [-0.1, -0.05) is 59.4 Å². The Morgan fingerprint density at radius 1 is 1.07 bits per heavy atom. The normalized spacial score (nSPS) is 11.2. The number of aliphatic hydroxyl groups excluding tert-OH is 1. The third kappa shape index (κ3) is 3.85. The van der Waals surface area contributed by atoms with Crippen molar-refractivity contribution in [1.29, 1.82) is 0 Å². The predicted molar refractivity (Wildman–Crippen MR) is 109 cm³/mol. The number of nitrogens with zero attached hydrogens (tertiary/aromatic N) is 3. The highest BCUT2D eigenvalue weighted by atomic mass is 32.2. The highest BCUT2D eigenvalue weighted by Crippen LogP contribution is 2.25. The number of hydrogen-bond acceptors (Lipinski definition) is 6. The number of benzene rings is 2. The molecule has 0 amide bonds. The summed E-state index contributed by atoms with van der Waals surface area (Å²) in [4.78, 5) is 17.5. The van der Waals surface area contributed by atoms with E-state index in [1.807, 2.05) is 54.6 Å². The van der Waals surface area contributed by atoms with Crippen molar-refractivity contribution in [2.45, 2.75) is 23.9 Å². The average molecular weight is 393 g/mol. The van der Waals surface area contributed by atoms with Crippen molar-refractivity contribution in [3.05, 3.63) is 76.7 Å². The van der Waals surface area contributed by atoms with Gasteiger partial charge in [-0.3, -0.25) is 9.36 Å². The lowest BCUT2D eigenvalue weighted by Gasteiger charge is -2.12. The molecule has 0 unspecified atom stereocenters. The van der Waals surface area contributed by atoms with Gasteiger partial charge in [0.2, 0.25) is 0 Å². The van der Waals surface area contributed by atoms with E-state index in [0.29, 0.717) is 40.5 Å². The fourth-order valence-corrected chi connectivity index (χ4v) is 3.85. The Labute approximate surface area is 165 Å². The van der Waals surface area contributed by atoms with Crippen LogP contribution in [0.25, 0.3) is 22.2 Å². The number of rotatable bonds is 7. The summed E-state index contributed by atoms with van der Waals surface area (Å²) >= 11 is 1.44. The lowest BCUT2D eigenvalue weighted by atomic mass is 10.2. The van der Waals surface area contributed by atoms with Gasteiger partial charge in [-0.15, -0.1) is 0 Å². The molecule has 0 saturated heterocycles. The van der Waals surface area contributed by atoms with Gasteiger partial charge in [0.25, 0.3) is 5.56 Å². The molecule has 1 N–H and O–H groups in total. The van der Waals surface area contributed by atoms with Crippen LogP contribution in [-0.2, 0) is 12.3 Å². The SMILES string of the molecule is O=c1c2ccccc2nc(SCc2cc(-c3ccccc3)on2)n1CCCO. The van der Waals surface area contributed by atoms with Crippen LogP contribution in [0.4, 0.5) is 0 Å². The molecule has 0 aliphatic heterocycles. The van der Waals surface area contributed by atoms with Crippen molar-refractivity contribution >= 4 is 22.7 Å². The number of fused-ring (bicyclic) bond motifs is 1. The third-order valence-corrected chi connectivity index (χ3v) is 5.34. The van der Waals surface area contributed by atoms with Crippen LogP contribution in [0.1, 0.15) is 12.1 Å². The topological polar surface area (TPSA) is 81.2 Å². The van der Waals surface area contributed by atoms with Crippen molar-refractivity contribution in [2.24, 2.45) is 0 Å². The molecule has 0 bridgehead atoms. The maximum absolute atomic E-state index is 12.8. The van der Waals surface area contributed by atoms with Crippen molar-refractivity contribution < 1.29 is 9.63 Å².